The molecule has 2 heterocycles. The summed E-state index contributed by atoms with van der Waals surface area (Å²) >= 11 is 0. The molecule has 4 rings (SSSR count). The summed E-state index contributed by atoms with van der Waals surface area (Å²) in [4.78, 5) is 39.7. The molecule has 0 spiro atoms. The van der Waals surface area contributed by atoms with Crippen LogP contribution >= 0.6 is 0 Å². The molecule has 0 saturated carbocycles. The van der Waals surface area contributed by atoms with Gasteiger partial charge in [0.1, 0.15) is 5.54 Å². The third kappa shape index (κ3) is 4.78. The van der Waals surface area contributed by atoms with Gasteiger partial charge in [-0.2, -0.15) is 0 Å². The SMILES string of the molecule is CN(C)c1ncc(-c2ccccc2)c(C2CCCN2C(=O)C(C)(C)NC(=O)c2ccccc2)n1. The zero-order valence-corrected chi connectivity index (χ0v) is 20.2. The second-order valence-electron chi connectivity index (χ2n) is 9.33. The number of nitrogens with one attached hydrogen (secondary N) is 1. The van der Waals surface area contributed by atoms with Gasteiger partial charge >= 0.3 is 0 Å². The third-order valence-corrected chi connectivity index (χ3v) is 6.12. The summed E-state index contributed by atoms with van der Waals surface area (Å²) in [6, 6.07) is 18.8. The first-order chi connectivity index (χ1) is 16.3. The average Bonchev–Trinajstić information content (AvgIpc) is 3.33. The van der Waals surface area contributed by atoms with Gasteiger partial charge in [-0.05, 0) is 44.4 Å². The maximum atomic E-state index is 13.7. The van der Waals surface area contributed by atoms with Crippen molar-refractivity contribution in [1.82, 2.24) is 20.2 Å². The Bertz CT molecular complexity index is 1160. The fourth-order valence-corrected chi connectivity index (χ4v) is 4.35. The summed E-state index contributed by atoms with van der Waals surface area (Å²) in [6.07, 6.45) is 3.52. The minimum absolute atomic E-state index is 0.122. The summed E-state index contributed by atoms with van der Waals surface area (Å²) in [7, 11) is 3.81. The number of hydrogen-bond donors (Lipinski definition) is 1. The molecule has 0 radical (unpaired) electrons. The summed E-state index contributed by atoms with van der Waals surface area (Å²) in [5, 5.41) is 2.93. The maximum absolute atomic E-state index is 13.7. The molecule has 2 amide bonds. The zero-order valence-electron chi connectivity index (χ0n) is 20.2. The lowest BCUT2D eigenvalue weighted by molar-refractivity contribution is -0.137. The van der Waals surface area contributed by atoms with Gasteiger partial charge in [-0.25, -0.2) is 9.97 Å². The Kier molecular flexibility index (Phi) is 6.63. The summed E-state index contributed by atoms with van der Waals surface area (Å²) < 4.78 is 0. The molecule has 1 fully saturated rings. The van der Waals surface area contributed by atoms with Gasteiger partial charge in [0.2, 0.25) is 11.9 Å². The Hall–Kier alpha value is -3.74. The lowest BCUT2D eigenvalue weighted by Crippen LogP contribution is -2.55. The quantitative estimate of drug-likeness (QED) is 0.603. The molecule has 1 aliphatic rings. The van der Waals surface area contributed by atoms with Crippen molar-refractivity contribution in [3.05, 3.63) is 78.1 Å². The lowest BCUT2D eigenvalue weighted by atomic mass is 9.97. The van der Waals surface area contributed by atoms with E-state index in [9.17, 15) is 9.59 Å². The molecule has 34 heavy (non-hydrogen) atoms. The van der Waals surface area contributed by atoms with E-state index >= 15 is 0 Å². The number of anilines is 1. The number of likely N-dealkylation sites (tertiary alicyclic amines) is 1. The summed E-state index contributed by atoms with van der Waals surface area (Å²) in [5.41, 5.74) is 2.22. The number of carbonyl (C=O) groups excluding carboxylic acids is 2. The van der Waals surface area contributed by atoms with Gasteiger partial charge < -0.3 is 15.1 Å². The van der Waals surface area contributed by atoms with E-state index in [-0.39, 0.29) is 17.9 Å². The highest BCUT2D eigenvalue weighted by Crippen LogP contribution is 2.38. The number of hydrogen-bond acceptors (Lipinski definition) is 5. The normalized spacial score (nSPS) is 15.8. The Balaban J connectivity index is 1.66. The minimum atomic E-state index is -1.07. The molecule has 0 bridgehead atoms. The van der Waals surface area contributed by atoms with Gasteiger partial charge in [0, 0.05) is 38.0 Å². The highest BCUT2D eigenvalue weighted by Gasteiger charge is 2.41. The monoisotopic (exact) mass is 457 g/mol. The molecule has 176 valence electrons. The predicted octanol–water partition coefficient (Wildman–Crippen LogP) is 4.08. The Morgan fingerprint density at radius 3 is 2.32 bits per heavy atom. The van der Waals surface area contributed by atoms with Crippen LogP contribution in [-0.4, -0.2) is 52.9 Å². The highest BCUT2D eigenvalue weighted by atomic mass is 16.2. The molecule has 1 aliphatic heterocycles. The van der Waals surface area contributed by atoms with E-state index in [1.165, 1.54) is 0 Å². The van der Waals surface area contributed by atoms with Crippen LogP contribution < -0.4 is 10.2 Å². The van der Waals surface area contributed by atoms with Crippen molar-refractivity contribution in [2.45, 2.75) is 38.3 Å². The number of amides is 2. The van der Waals surface area contributed by atoms with E-state index in [2.05, 4.69) is 10.3 Å². The zero-order chi connectivity index (χ0) is 24.3. The van der Waals surface area contributed by atoms with Gasteiger partial charge in [0.05, 0.1) is 11.7 Å². The Morgan fingerprint density at radius 2 is 1.68 bits per heavy atom. The van der Waals surface area contributed by atoms with Crippen molar-refractivity contribution in [3.63, 3.8) is 0 Å². The minimum Gasteiger partial charge on any atom is -0.347 e. The van der Waals surface area contributed by atoms with E-state index in [0.717, 1.165) is 29.7 Å². The number of benzene rings is 2. The number of carbonyl (C=O) groups is 2. The molecule has 7 nitrogen and oxygen atoms in total. The van der Waals surface area contributed by atoms with Crippen LogP contribution in [0.1, 0.15) is 48.8 Å². The molecule has 3 aromatic rings. The van der Waals surface area contributed by atoms with Crippen molar-refractivity contribution in [3.8, 4) is 11.1 Å². The second-order valence-corrected chi connectivity index (χ2v) is 9.33. The van der Waals surface area contributed by atoms with Crippen LogP contribution in [0.5, 0.6) is 0 Å². The second kappa shape index (κ2) is 9.63. The predicted molar refractivity (Wildman–Crippen MR) is 133 cm³/mol. The van der Waals surface area contributed by atoms with E-state index in [1.807, 2.05) is 78.6 Å². The molecule has 1 N–H and O–H groups in total. The largest absolute Gasteiger partial charge is 0.347 e. The van der Waals surface area contributed by atoms with E-state index in [1.54, 1.807) is 26.0 Å². The number of nitrogens with zero attached hydrogens (tertiary/aromatic N) is 4. The van der Waals surface area contributed by atoms with Gasteiger partial charge in [0.25, 0.3) is 5.91 Å². The smallest absolute Gasteiger partial charge is 0.252 e. The van der Waals surface area contributed by atoms with Gasteiger partial charge in [-0.15, -0.1) is 0 Å². The highest BCUT2D eigenvalue weighted by molar-refractivity contribution is 5.99. The van der Waals surface area contributed by atoms with Gasteiger partial charge in [0.15, 0.2) is 0 Å². The first-order valence-electron chi connectivity index (χ1n) is 11.6. The molecule has 0 aliphatic carbocycles. The average molecular weight is 458 g/mol. The molecule has 7 heteroatoms. The van der Waals surface area contributed by atoms with Crippen molar-refractivity contribution in [2.24, 2.45) is 0 Å². The molecular weight excluding hydrogens is 426 g/mol. The lowest BCUT2D eigenvalue weighted by Gasteiger charge is -2.34. The third-order valence-electron chi connectivity index (χ3n) is 6.12. The number of aromatic nitrogens is 2. The van der Waals surface area contributed by atoms with Crippen LogP contribution in [-0.2, 0) is 4.79 Å². The molecule has 2 aromatic carbocycles. The molecule has 1 saturated heterocycles. The first-order valence-corrected chi connectivity index (χ1v) is 11.6. The molecular formula is C27H31N5O2. The summed E-state index contributed by atoms with van der Waals surface area (Å²) in [5.74, 6) is 0.213. The Labute approximate surface area is 200 Å². The standard InChI is InChI=1S/C27H31N5O2/c1-27(2,30-24(33)20-14-9-6-10-15-20)25(34)32-17-11-16-22(32)23-21(19-12-7-5-8-13-19)18-28-26(29-23)31(3)4/h5-10,12-15,18,22H,11,16-17H2,1-4H3,(H,30,33). The van der Waals surface area contributed by atoms with E-state index < -0.39 is 5.54 Å². The molecule has 1 atom stereocenters. The number of rotatable bonds is 6. The van der Waals surface area contributed by atoms with Gasteiger partial charge in [-0.3, -0.25) is 9.59 Å². The van der Waals surface area contributed by atoms with Gasteiger partial charge in [-0.1, -0.05) is 48.5 Å². The topological polar surface area (TPSA) is 78.4 Å². The van der Waals surface area contributed by atoms with Crippen LogP contribution in [0.2, 0.25) is 0 Å². The Morgan fingerprint density at radius 1 is 1.03 bits per heavy atom. The fourth-order valence-electron chi connectivity index (χ4n) is 4.35. The van der Waals surface area contributed by atoms with Crippen molar-refractivity contribution < 1.29 is 9.59 Å². The molecule has 1 unspecified atom stereocenters. The van der Waals surface area contributed by atoms with E-state index in [0.29, 0.717) is 18.1 Å². The first kappa shape index (κ1) is 23.4. The van der Waals surface area contributed by atoms with Crippen molar-refractivity contribution in [1.29, 1.82) is 0 Å². The van der Waals surface area contributed by atoms with Crippen LogP contribution in [0.15, 0.2) is 66.9 Å². The molecule has 1 aromatic heterocycles. The van der Waals surface area contributed by atoms with Crippen molar-refractivity contribution in [2.75, 3.05) is 25.5 Å². The van der Waals surface area contributed by atoms with Crippen LogP contribution in [0.25, 0.3) is 11.1 Å². The maximum Gasteiger partial charge on any atom is 0.252 e. The van der Waals surface area contributed by atoms with E-state index in [4.69, 9.17) is 4.98 Å². The van der Waals surface area contributed by atoms with Crippen LogP contribution in [0.3, 0.4) is 0 Å². The summed E-state index contributed by atoms with van der Waals surface area (Å²) in [6.45, 7) is 4.13. The van der Waals surface area contributed by atoms with Crippen LogP contribution in [0.4, 0.5) is 5.95 Å². The van der Waals surface area contributed by atoms with Crippen LogP contribution in [0, 0.1) is 0 Å². The van der Waals surface area contributed by atoms with Crippen molar-refractivity contribution >= 4 is 17.8 Å². The fraction of sp³-hybridized carbons (Fsp3) is 0.333.